The van der Waals surface area contributed by atoms with Crippen LogP contribution in [0.25, 0.3) is 0 Å². The molecule has 0 radical (unpaired) electrons. The molecule has 7 heteroatoms. The summed E-state index contributed by atoms with van der Waals surface area (Å²) < 4.78 is 39.2. The Kier molecular flexibility index (Phi) is 6.05. The Labute approximate surface area is 197 Å². The number of aromatic nitrogens is 1. The monoisotopic (exact) mass is 473 g/mol. The average Bonchev–Trinajstić information content (AvgIpc) is 3.31. The van der Waals surface area contributed by atoms with Crippen molar-refractivity contribution < 1.29 is 28.2 Å². The van der Waals surface area contributed by atoms with Gasteiger partial charge in [0.1, 0.15) is 0 Å². The molecule has 1 aromatic heterocycles. The molecule has 34 heavy (non-hydrogen) atoms. The highest BCUT2D eigenvalue weighted by Crippen LogP contribution is 2.54. The maximum Gasteiger partial charge on any atom is 0.416 e. The van der Waals surface area contributed by atoms with Crippen molar-refractivity contribution in [2.75, 3.05) is 6.61 Å². The first-order valence-electron chi connectivity index (χ1n) is 12.3. The lowest BCUT2D eigenvalue weighted by molar-refractivity contribution is -0.137. The van der Waals surface area contributed by atoms with Gasteiger partial charge in [-0.3, -0.25) is 9.78 Å². The second-order valence-corrected chi connectivity index (χ2v) is 10.3. The van der Waals surface area contributed by atoms with Crippen molar-refractivity contribution in [2.45, 2.75) is 82.4 Å². The number of ketones is 1. The van der Waals surface area contributed by atoms with E-state index in [1.165, 1.54) is 12.1 Å². The highest BCUT2D eigenvalue weighted by molar-refractivity contribution is 6.11. The molecule has 4 nitrogen and oxygen atoms in total. The zero-order valence-corrected chi connectivity index (χ0v) is 19.1. The molecule has 5 rings (SSSR count). The summed E-state index contributed by atoms with van der Waals surface area (Å²) in [7, 11) is 0. The number of nitrogens with zero attached hydrogens (tertiary/aromatic N) is 1. The molecule has 2 N–H and O–H groups in total. The van der Waals surface area contributed by atoms with Crippen molar-refractivity contribution in [1.29, 1.82) is 0 Å². The molecule has 0 saturated heterocycles. The molecule has 0 aliphatic heterocycles. The van der Waals surface area contributed by atoms with Gasteiger partial charge in [0, 0.05) is 34.9 Å². The molecule has 1 atom stereocenters. The van der Waals surface area contributed by atoms with Gasteiger partial charge in [0.15, 0.2) is 5.78 Å². The van der Waals surface area contributed by atoms with Gasteiger partial charge in [-0.2, -0.15) is 13.2 Å². The number of benzene rings is 1. The van der Waals surface area contributed by atoms with E-state index in [2.05, 4.69) is 0 Å². The molecule has 2 saturated carbocycles. The number of fused-ring (bicyclic) bond motifs is 1. The average molecular weight is 474 g/mol. The lowest BCUT2D eigenvalue weighted by Gasteiger charge is -2.47. The number of rotatable bonds is 5. The van der Waals surface area contributed by atoms with Crippen molar-refractivity contribution in [3.05, 3.63) is 63.5 Å². The lowest BCUT2D eigenvalue weighted by atomic mass is 9.59. The van der Waals surface area contributed by atoms with Crippen molar-refractivity contribution in [3.63, 3.8) is 0 Å². The summed E-state index contributed by atoms with van der Waals surface area (Å²) in [5.74, 6) is -0.280. The predicted molar refractivity (Wildman–Crippen MR) is 121 cm³/mol. The van der Waals surface area contributed by atoms with E-state index >= 15 is 0 Å². The Hall–Kier alpha value is -2.25. The quantitative estimate of drug-likeness (QED) is 0.549. The molecule has 1 unspecified atom stereocenters. The van der Waals surface area contributed by atoms with E-state index in [1.807, 2.05) is 0 Å². The predicted octanol–water partition coefficient (Wildman–Crippen LogP) is 5.67. The summed E-state index contributed by atoms with van der Waals surface area (Å²) in [5.41, 5.74) is 2.63. The Morgan fingerprint density at radius 3 is 2.32 bits per heavy atom. The molecule has 1 spiro atoms. The van der Waals surface area contributed by atoms with Gasteiger partial charge in [-0.25, -0.2) is 0 Å². The van der Waals surface area contributed by atoms with Crippen molar-refractivity contribution >= 4 is 5.78 Å². The number of aliphatic hydroxyl groups is 2. The minimum Gasteiger partial charge on any atom is -0.396 e. The SMILES string of the molecule is O=C(c1ccc(C(F)(F)F)cc1)c1c(C2CCCC2)nc2c(c1CCO)C(O)CC1(CCC1)C2. The normalized spacial score (nSPS) is 22.0. The Morgan fingerprint density at radius 2 is 1.76 bits per heavy atom. The van der Waals surface area contributed by atoms with Gasteiger partial charge in [-0.1, -0.05) is 31.4 Å². The number of carbonyl (C=O) groups is 1. The number of carbonyl (C=O) groups excluding carboxylic acids is 1. The number of pyridine rings is 1. The summed E-state index contributed by atoms with van der Waals surface area (Å²) in [4.78, 5) is 18.8. The van der Waals surface area contributed by atoms with Crippen LogP contribution in [0, 0.1) is 5.41 Å². The summed E-state index contributed by atoms with van der Waals surface area (Å²) in [5, 5.41) is 21.1. The van der Waals surface area contributed by atoms with Crippen LogP contribution in [0.2, 0.25) is 0 Å². The van der Waals surface area contributed by atoms with Crippen LogP contribution in [0.5, 0.6) is 0 Å². The minimum absolute atomic E-state index is 0.0712. The Balaban J connectivity index is 1.65. The molecule has 0 bridgehead atoms. The molecule has 0 amide bonds. The topological polar surface area (TPSA) is 70.4 Å². The van der Waals surface area contributed by atoms with Crippen LogP contribution in [0.1, 0.15) is 107 Å². The van der Waals surface area contributed by atoms with Crippen molar-refractivity contribution in [2.24, 2.45) is 5.41 Å². The van der Waals surface area contributed by atoms with Gasteiger partial charge in [0.05, 0.1) is 17.4 Å². The van der Waals surface area contributed by atoms with Crippen LogP contribution in [0.3, 0.4) is 0 Å². The second kappa shape index (κ2) is 8.76. The lowest BCUT2D eigenvalue weighted by Crippen LogP contribution is -2.39. The van der Waals surface area contributed by atoms with Crippen LogP contribution >= 0.6 is 0 Å². The van der Waals surface area contributed by atoms with Gasteiger partial charge in [-0.15, -0.1) is 0 Å². The molecule has 182 valence electrons. The fourth-order valence-corrected chi connectivity index (χ4v) is 6.32. The first kappa shape index (κ1) is 23.5. The van der Waals surface area contributed by atoms with E-state index in [1.54, 1.807) is 0 Å². The fraction of sp³-hybridized carbons (Fsp3) is 0.556. The van der Waals surface area contributed by atoms with Gasteiger partial charge in [-0.05, 0) is 68.1 Å². The van der Waals surface area contributed by atoms with Gasteiger partial charge >= 0.3 is 6.18 Å². The number of halogens is 3. The largest absolute Gasteiger partial charge is 0.416 e. The number of hydrogen-bond donors (Lipinski definition) is 2. The summed E-state index contributed by atoms with van der Waals surface area (Å²) in [6.07, 6.45) is 3.53. The summed E-state index contributed by atoms with van der Waals surface area (Å²) in [6, 6.07) is 4.28. The molecule has 3 aliphatic rings. The van der Waals surface area contributed by atoms with Crippen molar-refractivity contribution in [3.8, 4) is 0 Å². The molecule has 2 fully saturated rings. The van der Waals surface area contributed by atoms with E-state index in [0.29, 0.717) is 28.8 Å². The standard InChI is InChI=1S/C27H30F3NO3/c28-27(29,30)18-8-6-17(7-9-18)25(34)23-19(10-13-32)22-20(31-24(23)16-4-1-2-5-16)14-26(11-3-12-26)15-21(22)33/h6-9,16,21,32-33H,1-5,10-15H2. The zero-order valence-electron chi connectivity index (χ0n) is 19.1. The Bertz CT molecular complexity index is 1080. The van der Waals surface area contributed by atoms with Crippen LogP contribution in [-0.2, 0) is 19.0 Å². The van der Waals surface area contributed by atoms with Crippen LogP contribution in [0.15, 0.2) is 24.3 Å². The maximum atomic E-state index is 13.8. The van der Waals surface area contributed by atoms with Gasteiger partial charge < -0.3 is 10.2 Å². The molecule has 1 heterocycles. The molecular weight excluding hydrogens is 443 g/mol. The number of hydrogen-bond acceptors (Lipinski definition) is 4. The van der Waals surface area contributed by atoms with Crippen LogP contribution in [-0.4, -0.2) is 27.6 Å². The first-order chi connectivity index (χ1) is 16.2. The highest BCUT2D eigenvalue weighted by atomic mass is 19.4. The molecular formula is C27H30F3NO3. The minimum atomic E-state index is -4.48. The van der Waals surface area contributed by atoms with Gasteiger partial charge in [0.2, 0.25) is 0 Å². The number of aliphatic hydroxyl groups excluding tert-OH is 2. The highest BCUT2D eigenvalue weighted by Gasteiger charge is 2.45. The summed E-state index contributed by atoms with van der Waals surface area (Å²) in [6.45, 7) is -0.189. The van der Waals surface area contributed by atoms with E-state index < -0.39 is 17.8 Å². The first-order valence-corrected chi connectivity index (χ1v) is 12.3. The van der Waals surface area contributed by atoms with E-state index in [9.17, 15) is 28.2 Å². The van der Waals surface area contributed by atoms with Gasteiger partial charge in [0.25, 0.3) is 0 Å². The Morgan fingerprint density at radius 1 is 1.09 bits per heavy atom. The third-order valence-electron chi connectivity index (χ3n) is 8.17. The smallest absolute Gasteiger partial charge is 0.396 e. The second-order valence-electron chi connectivity index (χ2n) is 10.3. The van der Waals surface area contributed by atoms with Crippen LogP contribution in [0.4, 0.5) is 13.2 Å². The van der Waals surface area contributed by atoms with E-state index in [-0.39, 0.29) is 35.7 Å². The van der Waals surface area contributed by atoms with E-state index in [0.717, 1.165) is 69.2 Å². The van der Waals surface area contributed by atoms with Crippen LogP contribution < -0.4 is 0 Å². The summed E-state index contributed by atoms with van der Waals surface area (Å²) >= 11 is 0. The fourth-order valence-electron chi connectivity index (χ4n) is 6.32. The zero-order chi connectivity index (χ0) is 24.1. The molecule has 1 aromatic carbocycles. The number of alkyl halides is 3. The van der Waals surface area contributed by atoms with E-state index in [4.69, 9.17) is 4.98 Å². The third kappa shape index (κ3) is 4.07. The third-order valence-corrected chi connectivity index (χ3v) is 8.17. The molecule has 3 aliphatic carbocycles. The molecule has 2 aromatic rings. The maximum absolute atomic E-state index is 13.8. The van der Waals surface area contributed by atoms with Crippen molar-refractivity contribution in [1.82, 2.24) is 4.98 Å².